The number of benzene rings is 1. The highest BCUT2D eigenvalue weighted by molar-refractivity contribution is 7.80. The summed E-state index contributed by atoms with van der Waals surface area (Å²) in [7, 11) is 0. The van der Waals surface area contributed by atoms with Crippen molar-refractivity contribution in [2.24, 2.45) is 0 Å². The Morgan fingerprint density at radius 2 is 2.11 bits per heavy atom. The average molecular weight is 275 g/mol. The minimum Gasteiger partial charge on any atom is -0.334 e. The third kappa shape index (κ3) is 2.06. The predicted molar refractivity (Wildman–Crippen MR) is 76.5 cm³/mol. The molecule has 1 aliphatic rings. The van der Waals surface area contributed by atoms with Crippen molar-refractivity contribution in [1.29, 1.82) is 0 Å². The number of thiol groups is 1. The molecule has 0 spiro atoms. The number of rotatable bonds is 1. The van der Waals surface area contributed by atoms with Gasteiger partial charge in [-0.25, -0.2) is 0 Å². The number of amides is 1. The molecule has 0 bridgehead atoms. The lowest BCUT2D eigenvalue weighted by Gasteiger charge is -2.27. The molecule has 92 valence electrons. The zero-order valence-electron chi connectivity index (χ0n) is 9.80. The van der Waals surface area contributed by atoms with Gasteiger partial charge in [-0.05, 0) is 35.6 Å². The van der Waals surface area contributed by atoms with Crippen molar-refractivity contribution >= 4 is 29.9 Å². The third-order valence-electron chi connectivity index (χ3n) is 3.23. The van der Waals surface area contributed by atoms with Gasteiger partial charge in [-0.2, -0.15) is 0 Å². The molecule has 1 aliphatic heterocycles. The highest BCUT2D eigenvalue weighted by Gasteiger charge is 2.23. The van der Waals surface area contributed by atoms with E-state index in [9.17, 15) is 4.79 Å². The van der Waals surface area contributed by atoms with Gasteiger partial charge in [0.05, 0.1) is 5.56 Å². The highest BCUT2D eigenvalue weighted by Crippen LogP contribution is 2.26. The molecule has 2 aromatic rings. The molecule has 0 radical (unpaired) electrons. The second-order valence-electron chi connectivity index (χ2n) is 4.36. The first-order chi connectivity index (χ1) is 8.75. The Balaban J connectivity index is 1.85. The van der Waals surface area contributed by atoms with E-state index in [0.717, 1.165) is 24.4 Å². The van der Waals surface area contributed by atoms with Gasteiger partial charge in [0.15, 0.2) is 0 Å². The fourth-order valence-corrected chi connectivity index (χ4v) is 3.39. The monoisotopic (exact) mass is 275 g/mol. The van der Waals surface area contributed by atoms with E-state index in [2.05, 4.69) is 24.1 Å². The van der Waals surface area contributed by atoms with Crippen molar-refractivity contribution in [2.75, 3.05) is 6.54 Å². The number of thiophene rings is 1. The first-order valence-corrected chi connectivity index (χ1v) is 7.21. The molecule has 0 aliphatic carbocycles. The Morgan fingerprint density at radius 3 is 2.94 bits per heavy atom. The summed E-state index contributed by atoms with van der Waals surface area (Å²) in [6, 6.07) is 9.59. The Morgan fingerprint density at radius 1 is 1.28 bits per heavy atom. The summed E-state index contributed by atoms with van der Waals surface area (Å²) in [6.07, 6.45) is 0.966. The van der Waals surface area contributed by atoms with E-state index < -0.39 is 0 Å². The van der Waals surface area contributed by atoms with Gasteiger partial charge in [-0.1, -0.05) is 12.1 Å². The van der Waals surface area contributed by atoms with E-state index in [1.165, 1.54) is 10.4 Å². The Kier molecular flexibility index (Phi) is 3.14. The summed E-state index contributed by atoms with van der Waals surface area (Å²) in [4.78, 5) is 16.5. The Hall–Kier alpha value is -1.26. The molecule has 0 saturated heterocycles. The van der Waals surface area contributed by atoms with E-state index in [1.54, 1.807) is 11.3 Å². The van der Waals surface area contributed by atoms with Crippen LogP contribution < -0.4 is 0 Å². The van der Waals surface area contributed by atoms with Crippen molar-refractivity contribution < 1.29 is 4.79 Å². The van der Waals surface area contributed by atoms with Crippen LogP contribution in [-0.2, 0) is 13.0 Å². The summed E-state index contributed by atoms with van der Waals surface area (Å²) < 4.78 is 0. The predicted octanol–water partition coefficient (Wildman–Crippen LogP) is 3.24. The van der Waals surface area contributed by atoms with Crippen LogP contribution in [0.1, 0.15) is 20.8 Å². The lowest BCUT2D eigenvalue weighted by Crippen LogP contribution is -2.35. The number of nitrogens with zero attached hydrogens (tertiary/aromatic N) is 1. The maximum absolute atomic E-state index is 12.4. The van der Waals surface area contributed by atoms with Crippen LogP contribution in [0.3, 0.4) is 0 Å². The van der Waals surface area contributed by atoms with Crippen LogP contribution >= 0.6 is 24.0 Å². The zero-order valence-corrected chi connectivity index (χ0v) is 11.5. The first-order valence-electron chi connectivity index (χ1n) is 5.88. The van der Waals surface area contributed by atoms with Gasteiger partial charge < -0.3 is 4.90 Å². The normalized spacial score (nSPS) is 14.4. The van der Waals surface area contributed by atoms with Crippen LogP contribution in [0, 0.1) is 0 Å². The molecule has 2 heterocycles. The lowest BCUT2D eigenvalue weighted by molar-refractivity contribution is 0.0732. The maximum atomic E-state index is 12.4. The molecule has 18 heavy (non-hydrogen) atoms. The number of carbonyl (C=O) groups is 1. The van der Waals surface area contributed by atoms with E-state index in [1.807, 2.05) is 29.2 Å². The molecule has 1 aromatic carbocycles. The summed E-state index contributed by atoms with van der Waals surface area (Å²) in [5.74, 6) is 0.0810. The summed E-state index contributed by atoms with van der Waals surface area (Å²) in [6.45, 7) is 1.52. The van der Waals surface area contributed by atoms with Gasteiger partial charge in [-0.3, -0.25) is 4.79 Å². The molecule has 0 atom stereocenters. The smallest absolute Gasteiger partial charge is 0.255 e. The van der Waals surface area contributed by atoms with Crippen LogP contribution in [0.2, 0.25) is 0 Å². The molecule has 0 fully saturated rings. The van der Waals surface area contributed by atoms with Crippen LogP contribution in [0.5, 0.6) is 0 Å². The molecule has 1 amide bonds. The minimum absolute atomic E-state index is 0.0810. The van der Waals surface area contributed by atoms with E-state index in [4.69, 9.17) is 0 Å². The topological polar surface area (TPSA) is 20.3 Å². The SMILES string of the molecule is O=C(c1ccccc1S)N1CCc2sccc2C1. The summed E-state index contributed by atoms with van der Waals surface area (Å²) in [5, 5.41) is 2.10. The summed E-state index contributed by atoms with van der Waals surface area (Å²) >= 11 is 6.14. The quantitative estimate of drug-likeness (QED) is 0.792. The number of hydrogen-bond donors (Lipinski definition) is 1. The highest BCUT2D eigenvalue weighted by atomic mass is 32.1. The molecule has 0 N–H and O–H groups in total. The fraction of sp³-hybridized carbons (Fsp3) is 0.214. The minimum atomic E-state index is 0.0810. The lowest BCUT2D eigenvalue weighted by atomic mass is 10.1. The van der Waals surface area contributed by atoms with Gasteiger partial charge in [0.25, 0.3) is 5.91 Å². The van der Waals surface area contributed by atoms with Gasteiger partial charge >= 0.3 is 0 Å². The van der Waals surface area contributed by atoms with Crippen LogP contribution in [0.4, 0.5) is 0 Å². The van der Waals surface area contributed by atoms with E-state index in [-0.39, 0.29) is 5.91 Å². The van der Waals surface area contributed by atoms with Crippen LogP contribution in [0.25, 0.3) is 0 Å². The first kappa shape index (κ1) is 11.8. The molecule has 3 rings (SSSR count). The van der Waals surface area contributed by atoms with Gasteiger partial charge in [0, 0.05) is 22.9 Å². The van der Waals surface area contributed by atoms with Crippen LogP contribution in [0.15, 0.2) is 40.6 Å². The van der Waals surface area contributed by atoms with Gasteiger partial charge in [-0.15, -0.1) is 24.0 Å². The van der Waals surface area contributed by atoms with Crippen LogP contribution in [-0.4, -0.2) is 17.4 Å². The molecule has 0 saturated carbocycles. The second-order valence-corrected chi connectivity index (χ2v) is 5.85. The van der Waals surface area contributed by atoms with Crippen molar-refractivity contribution in [3.05, 3.63) is 51.7 Å². The Labute approximate surface area is 116 Å². The van der Waals surface area contributed by atoms with E-state index in [0.29, 0.717) is 5.56 Å². The molecule has 0 unspecified atom stereocenters. The largest absolute Gasteiger partial charge is 0.334 e. The Bertz CT molecular complexity index is 591. The number of fused-ring (bicyclic) bond motifs is 1. The molecule has 4 heteroatoms. The third-order valence-corrected chi connectivity index (χ3v) is 4.64. The second kappa shape index (κ2) is 4.78. The number of hydrogen-bond acceptors (Lipinski definition) is 3. The van der Waals surface area contributed by atoms with Crippen molar-refractivity contribution in [1.82, 2.24) is 4.90 Å². The van der Waals surface area contributed by atoms with Gasteiger partial charge in [0.2, 0.25) is 0 Å². The van der Waals surface area contributed by atoms with Gasteiger partial charge in [0.1, 0.15) is 0 Å². The van der Waals surface area contributed by atoms with Crippen molar-refractivity contribution in [3.8, 4) is 0 Å². The standard InChI is InChI=1S/C14H13NOS2/c16-14(11-3-1-2-4-12(11)17)15-7-5-13-10(9-15)6-8-18-13/h1-4,6,8,17H,5,7,9H2. The molecular weight excluding hydrogens is 262 g/mol. The fourth-order valence-electron chi connectivity index (χ4n) is 2.25. The molecule has 1 aromatic heterocycles. The van der Waals surface area contributed by atoms with E-state index >= 15 is 0 Å². The number of carbonyl (C=O) groups excluding carboxylic acids is 1. The molecular formula is C14H13NOS2. The molecule has 2 nitrogen and oxygen atoms in total. The zero-order chi connectivity index (χ0) is 12.5. The average Bonchev–Trinajstić information content (AvgIpc) is 2.85. The van der Waals surface area contributed by atoms with Crippen molar-refractivity contribution in [3.63, 3.8) is 0 Å². The summed E-state index contributed by atoms with van der Waals surface area (Å²) in [5.41, 5.74) is 1.98. The van der Waals surface area contributed by atoms with Crippen molar-refractivity contribution in [2.45, 2.75) is 17.9 Å². The maximum Gasteiger partial charge on any atom is 0.255 e.